The van der Waals surface area contributed by atoms with Crippen LogP contribution in [0.5, 0.6) is 0 Å². The summed E-state index contributed by atoms with van der Waals surface area (Å²) in [4.78, 5) is 11.6. The number of rotatable bonds is 22. The summed E-state index contributed by atoms with van der Waals surface area (Å²) in [6.07, 6.45) is 19.0. The van der Waals surface area contributed by atoms with Crippen LogP contribution >= 0.6 is 0 Å². The third-order valence-corrected chi connectivity index (χ3v) is 6.85. The molecule has 0 aliphatic heterocycles. The second-order valence-corrected chi connectivity index (χ2v) is 10.7. The first-order valence-corrected chi connectivity index (χ1v) is 14.9. The lowest BCUT2D eigenvalue weighted by molar-refractivity contribution is -0.104. The highest BCUT2D eigenvalue weighted by atomic mass is 16.3. The topological polar surface area (TPSA) is 76.4 Å². The Morgan fingerprint density at radius 1 is 1.13 bits per heavy atom. The summed E-state index contributed by atoms with van der Waals surface area (Å²) in [6, 6.07) is 6.99. The van der Waals surface area contributed by atoms with Gasteiger partial charge in [-0.2, -0.15) is 0 Å². The molecule has 3 N–H and O–H groups in total. The number of nitrogens with zero attached hydrogens (tertiary/aromatic N) is 1. The Morgan fingerprint density at radius 2 is 1.90 bits per heavy atom. The summed E-state index contributed by atoms with van der Waals surface area (Å²) >= 11 is 0. The molecule has 1 rings (SSSR count). The number of hydrogen-bond acceptors (Lipinski definition) is 5. The van der Waals surface area contributed by atoms with Gasteiger partial charge in [0.1, 0.15) is 6.29 Å². The number of aryl methyl sites for hydroxylation is 2. The van der Waals surface area contributed by atoms with Crippen molar-refractivity contribution in [3.63, 3.8) is 0 Å². The van der Waals surface area contributed by atoms with Crippen LogP contribution in [0.2, 0.25) is 0 Å². The van der Waals surface area contributed by atoms with Crippen molar-refractivity contribution in [1.29, 1.82) is 5.41 Å². The largest absolute Gasteiger partial charge is 0.393 e. The van der Waals surface area contributed by atoms with Crippen molar-refractivity contribution in [2.45, 2.75) is 97.0 Å². The zero-order valence-corrected chi connectivity index (χ0v) is 25.4. The van der Waals surface area contributed by atoms with E-state index in [9.17, 15) is 9.90 Å². The van der Waals surface area contributed by atoms with Gasteiger partial charge in [0.15, 0.2) is 0 Å². The highest BCUT2D eigenvalue weighted by Gasteiger charge is 2.15. The van der Waals surface area contributed by atoms with E-state index in [0.29, 0.717) is 12.2 Å². The van der Waals surface area contributed by atoms with E-state index in [4.69, 9.17) is 5.41 Å². The molecule has 0 heterocycles. The van der Waals surface area contributed by atoms with Crippen LogP contribution in [0.3, 0.4) is 0 Å². The van der Waals surface area contributed by atoms with E-state index in [1.807, 2.05) is 0 Å². The van der Waals surface area contributed by atoms with Gasteiger partial charge in [-0.05, 0) is 107 Å². The van der Waals surface area contributed by atoms with Crippen LogP contribution in [-0.2, 0) is 24.1 Å². The van der Waals surface area contributed by atoms with Crippen LogP contribution < -0.4 is 5.32 Å². The van der Waals surface area contributed by atoms with Crippen molar-refractivity contribution in [3.8, 4) is 0 Å². The Kier molecular flexibility index (Phi) is 23.0. The van der Waals surface area contributed by atoms with Crippen molar-refractivity contribution in [3.05, 3.63) is 72.0 Å². The van der Waals surface area contributed by atoms with Crippen molar-refractivity contribution in [1.82, 2.24) is 10.2 Å². The third kappa shape index (κ3) is 20.1. The van der Waals surface area contributed by atoms with Gasteiger partial charge in [0.2, 0.25) is 0 Å². The number of nitrogens with one attached hydrogen (secondary N) is 2. The fourth-order valence-corrected chi connectivity index (χ4v) is 4.50. The fraction of sp³-hybridized carbons (Fsp3) is 0.588. The molecule has 1 aromatic rings. The maximum atomic E-state index is 10.3. The van der Waals surface area contributed by atoms with Crippen molar-refractivity contribution >= 4 is 12.5 Å². The van der Waals surface area contributed by atoms with Crippen molar-refractivity contribution in [2.24, 2.45) is 5.92 Å². The van der Waals surface area contributed by atoms with Crippen LogP contribution in [0.25, 0.3) is 0 Å². The maximum absolute atomic E-state index is 10.3. The second kappa shape index (κ2) is 24.5. The lowest BCUT2D eigenvalue weighted by Crippen LogP contribution is -2.19. The number of carbonyl (C=O) groups is 1. The minimum absolute atomic E-state index is 0.180. The molecule has 0 spiro atoms. The Balaban J connectivity index is 0.00000215. The lowest BCUT2D eigenvalue weighted by Gasteiger charge is -2.21. The monoisotopic (exact) mass is 539 g/mol. The van der Waals surface area contributed by atoms with E-state index >= 15 is 0 Å². The molecule has 220 valence electrons. The zero-order chi connectivity index (χ0) is 29.3. The number of allylic oxidation sites excluding steroid dienone is 3. The van der Waals surface area contributed by atoms with Crippen LogP contribution in [0.15, 0.2) is 55.3 Å². The van der Waals surface area contributed by atoms with Gasteiger partial charge in [-0.15, -0.1) is 0 Å². The van der Waals surface area contributed by atoms with E-state index < -0.39 is 0 Å². The van der Waals surface area contributed by atoms with Crippen LogP contribution in [0.4, 0.5) is 0 Å². The zero-order valence-electron chi connectivity index (χ0n) is 25.4. The normalized spacial score (nSPS) is 12.5. The first-order valence-electron chi connectivity index (χ1n) is 14.9. The molecular weight excluding hydrogens is 482 g/mol. The molecule has 0 aromatic heterocycles. The Hall–Kier alpha value is -2.50. The summed E-state index contributed by atoms with van der Waals surface area (Å²) in [5.41, 5.74) is 5.38. The second-order valence-electron chi connectivity index (χ2n) is 10.7. The minimum atomic E-state index is -0.180. The predicted octanol–water partition coefficient (Wildman–Crippen LogP) is 7.08. The molecule has 0 saturated carbocycles. The smallest absolute Gasteiger partial charge is 0.142 e. The first-order chi connectivity index (χ1) is 18.8. The van der Waals surface area contributed by atoms with E-state index in [1.165, 1.54) is 48.2 Å². The Morgan fingerprint density at radius 3 is 2.49 bits per heavy atom. The molecule has 2 unspecified atom stereocenters. The minimum Gasteiger partial charge on any atom is -0.393 e. The molecule has 1 aromatic carbocycles. The predicted molar refractivity (Wildman–Crippen MR) is 170 cm³/mol. The van der Waals surface area contributed by atoms with Crippen LogP contribution in [-0.4, -0.2) is 55.8 Å². The van der Waals surface area contributed by atoms with Gasteiger partial charge in [-0.3, -0.25) is 4.79 Å². The molecule has 5 nitrogen and oxygen atoms in total. The third-order valence-electron chi connectivity index (χ3n) is 6.85. The fourth-order valence-electron chi connectivity index (χ4n) is 4.50. The molecule has 5 heteroatoms. The summed E-state index contributed by atoms with van der Waals surface area (Å²) in [5.74, 6) is 0.521. The Labute approximate surface area is 240 Å². The highest BCUT2D eigenvalue weighted by molar-refractivity contribution is 5.65. The number of benzene rings is 1. The van der Waals surface area contributed by atoms with Gasteiger partial charge in [-0.25, -0.2) is 0 Å². The van der Waals surface area contributed by atoms with Crippen molar-refractivity contribution in [2.75, 3.05) is 27.2 Å². The SMILES string of the molecule is C=C(CCN(C)C)NCCCCCc1ccc(CCC=N)c(CC(CC)CC(O)CCC)c1.C=C/C=C\C=O. The van der Waals surface area contributed by atoms with E-state index in [-0.39, 0.29) is 6.10 Å². The molecule has 0 fully saturated rings. The van der Waals surface area contributed by atoms with Crippen LogP contribution in [0, 0.1) is 11.3 Å². The van der Waals surface area contributed by atoms with Gasteiger partial charge in [0.25, 0.3) is 0 Å². The highest BCUT2D eigenvalue weighted by Crippen LogP contribution is 2.24. The molecule has 0 radical (unpaired) electrons. The summed E-state index contributed by atoms with van der Waals surface area (Å²) in [5, 5.41) is 21.2. The van der Waals surface area contributed by atoms with Gasteiger partial charge in [0.05, 0.1) is 6.10 Å². The van der Waals surface area contributed by atoms with E-state index in [2.05, 4.69) is 69.5 Å². The number of aliphatic hydroxyl groups excluding tert-OH is 1. The van der Waals surface area contributed by atoms with E-state index in [1.54, 1.807) is 12.2 Å². The van der Waals surface area contributed by atoms with Crippen molar-refractivity contribution < 1.29 is 9.90 Å². The summed E-state index contributed by atoms with van der Waals surface area (Å²) in [7, 11) is 4.19. The average molecular weight is 540 g/mol. The molecule has 0 saturated heterocycles. The quantitative estimate of drug-likeness (QED) is 0.0484. The molecule has 0 aliphatic carbocycles. The summed E-state index contributed by atoms with van der Waals surface area (Å²) < 4.78 is 0. The lowest BCUT2D eigenvalue weighted by atomic mass is 9.86. The maximum Gasteiger partial charge on any atom is 0.142 e. The molecule has 0 bridgehead atoms. The number of carbonyl (C=O) groups excluding carboxylic acids is 1. The number of aldehydes is 1. The standard InChI is InChI=1S/C29H51N3O.C5H6O/c1-6-12-29(33)23-25(7-2)21-28-22-26(15-16-27(28)14-11-18-30)13-9-8-10-19-31-24(3)17-20-32(4)5;1-2-3-4-5-6/h15-16,18,22,25,29-31,33H,3,6-14,17,19-21,23H2,1-2,4-5H3;2-5H,1H2/b;4-3-. The van der Waals surface area contributed by atoms with Crippen LogP contribution in [0.1, 0.15) is 88.3 Å². The summed E-state index contributed by atoms with van der Waals surface area (Å²) in [6.45, 7) is 13.9. The molecule has 2 atom stereocenters. The number of unbranched alkanes of at least 4 members (excludes halogenated alkanes) is 2. The van der Waals surface area contributed by atoms with Gasteiger partial charge >= 0.3 is 0 Å². The molecule has 0 aliphatic rings. The van der Waals surface area contributed by atoms with Gasteiger partial charge in [0, 0.05) is 18.8 Å². The Bertz CT molecular complexity index is 822. The molecule has 0 amide bonds. The molecule has 39 heavy (non-hydrogen) atoms. The van der Waals surface area contributed by atoms with Gasteiger partial charge < -0.3 is 20.7 Å². The molecular formula is C34H57N3O2. The number of aliphatic hydroxyl groups is 1. The van der Waals surface area contributed by atoms with E-state index in [0.717, 1.165) is 76.6 Å². The van der Waals surface area contributed by atoms with Gasteiger partial charge in [-0.1, -0.05) is 76.6 Å². The average Bonchev–Trinajstić information content (AvgIpc) is 2.92. The number of hydrogen-bond donors (Lipinski definition) is 3. The first kappa shape index (κ1) is 36.5.